The van der Waals surface area contributed by atoms with E-state index in [0.717, 1.165) is 31.3 Å². The van der Waals surface area contributed by atoms with Crippen LogP contribution in [0, 0.1) is 17.2 Å². The molecular formula is C26H31N9O2S. The molecule has 2 saturated heterocycles. The average Bonchev–Trinajstić information content (AvgIpc) is 3.31. The van der Waals surface area contributed by atoms with Crippen LogP contribution in [0.1, 0.15) is 42.6 Å². The number of likely N-dealkylation sites (tertiary alicyclic amines) is 1. The number of aromatic nitrogens is 4. The molecule has 0 atom stereocenters. The number of nitrogens with zero attached hydrogens (tertiary/aromatic N) is 7. The summed E-state index contributed by atoms with van der Waals surface area (Å²) in [6.07, 6.45) is 8.18. The molecule has 2 amide bonds. The van der Waals surface area contributed by atoms with Gasteiger partial charge in [0.25, 0.3) is 5.91 Å². The maximum atomic E-state index is 13.3. The van der Waals surface area contributed by atoms with Crippen molar-refractivity contribution in [3.05, 3.63) is 41.9 Å². The highest BCUT2D eigenvalue weighted by Crippen LogP contribution is 2.26. The van der Waals surface area contributed by atoms with Crippen LogP contribution >= 0.6 is 11.9 Å². The van der Waals surface area contributed by atoms with Gasteiger partial charge in [0.2, 0.25) is 5.91 Å². The first-order chi connectivity index (χ1) is 18.4. The zero-order valence-corrected chi connectivity index (χ0v) is 22.5. The fourth-order valence-corrected chi connectivity index (χ4v) is 5.49. The Balaban J connectivity index is 1.27. The van der Waals surface area contributed by atoms with Crippen molar-refractivity contribution >= 4 is 40.5 Å². The van der Waals surface area contributed by atoms with Crippen molar-refractivity contribution in [2.45, 2.75) is 38.8 Å². The van der Waals surface area contributed by atoms with E-state index in [1.807, 2.05) is 25.0 Å². The lowest BCUT2D eigenvalue weighted by atomic mass is 9.98. The summed E-state index contributed by atoms with van der Waals surface area (Å²) in [5.74, 6) is 0.638. The summed E-state index contributed by atoms with van der Waals surface area (Å²) in [4.78, 5) is 36.9. The van der Waals surface area contributed by atoms with Gasteiger partial charge in [-0.25, -0.2) is 14.3 Å². The highest BCUT2D eigenvalue weighted by molar-refractivity contribution is 7.96. The van der Waals surface area contributed by atoms with E-state index in [-0.39, 0.29) is 29.8 Å². The molecule has 3 aromatic rings. The van der Waals surface area contributed by atoms with Gasteiger partial charge in [-0.1, -0.05) is 11.9 Å². The van der Waals surface area contributed by atoms with Gasteiger partial charge in [0, 0.05) is 62.1 Å². The summed E-state index contributed by atoms with van der Waals surface area (Å²) in [5.41, 5.74) is 2.13. The molecule has 198 valence electrons. The number of rotatable bonds is 7. The minimum Gasteiger partial charge on any atom is -0.382 e. The molecule has 5 rings (SSSR count). The fourth-order valence-electron chi connectivity index (χ4n) is 4.83. The van der Waals surface area contributed by atoms with E-state index in [9.17, 15) is 9.59 Å². The van der Waals surface area contributed by atoms with Crippen LogP contribution in [-0.4, -0.2) is 85.3 Å². The molecule has 2 aliphatic rings. The Bertz CT molecular complexity index is 1390. The zero-order valence-electron chi connectivity index (χ0n) is 21.7. The van der Waals surface area contributed by atoms with Gasteiger partial charge >= 0.3 is 0 Å². The van der Waals surface area contributed by atoms with E-state index in [0.29, 0.717) is 41.4 Å². The Hall–Kier alpha value is -3.69. The number of amides is 2. The van der Waals surface area contributed by atoms with Gasteiger partial charge in [-0.2, -0.15) is 15.0 Å². The number of nitrogens with one attached hydrogen (secondary N) is 2. The number of hydrogen-bond acceptors (Lipinski definition) is 9. The number of pyridine rings is 2. The smallest absolute Gasteiger partial charge is 0.255 e. The molecule has 3 aromatic heterocycles. The molecule has 0 spiro atoms. The van der Waals surface area contributed by atoms with Crippen molar-refractivity contribution in [1.29, 1.82) is 5.26 Å². The van der Waals surface area contributed by atoms with Crippen molar-refractivity contribution in [3.63, 3.8) is 0 Å². The maximum Gasteiger partial charge on any atom is 0.255 e. The largest absolute Gasteiger partial charge is 0.382 e. The summed E-state index contributed by atoms with van der Waals surface area (Å²) in [6, 6.07) is 5.68. The van der Waals surface area contributed by atoms with Gasteiger partial charge in [-0.05, 0) is 39.0 Å². The number of anilines is 1. The lowest BCUT2D eigenvalue weighted by Gasteiger charge is -2.41. The first kappa shape index (κ1) is 25.9. The van der Waals surface area contributed by atoms with E-state index in [2.05, 4.69) is 36.1 Å². The predicted octanol–water partition coefficient (Wildman–Crippen LogP) is 2.44. The third-order valence-electron chi connectivity index (χ3n) is 6.93. The molecule has 38 heavy (non-hydrogen) atoms. The first-order valence-corrected chi connectivity index (χ1v) is 13.9. The van der Waals surface area contributed by atoms with Gasteiger partial charge in [-0.15, -0.1) is 0 Å². The molecule has 2 aliphatic heterocycles. The molecule has 0 aliphatic carbocycles. The van der Waals surface area contributed by atoms with Crippen molar-refractivity contribution in [1.82, 2.24) is 34.3 Å². The van der Waals surface area contributed by atoms with Crippen LogP contribution in [0.2, 0.25) is 0 Å². The molecule has 0 unspecified atom stereocenters. The van der Waals surface area contributed by atoms with Gasteiger partial charge in [0.05, 0.1) is 28.9 Å². The monoisotopic (exact) mass is 533 g/mol. The summed E-state index contributed by atoms with van der Waals surface area (Å²) in [7, 11) is 0. The number of carbonyl (C=O) groups excluding carboxylic acids is 2. The van der Waals surface area contributed by atoms with Crippen LogP contribution in [0.4, 0.5) is 5.69 Å². The van der Waals surface area contributed by atoms with E-state index in [4.69, 9.17) is 5.26 Å². The first-order valence-electron chi connectivity index (χ1n) is 12.8. The number of nitriles is 1. The summed E-state index contributed by atoms with van der Waals surface area (Å²) in [5, 5.41) is 20.8. The Morgan fingerprint density at radius 1 is 1.13 bits per heavy atom. The van der Waals surface area contributed by atoms with E-state index < -0.39 is 0 Å². The number of carbonyl (C=O) groups is 2. The standard InChI is InChI=1S/C26H31N9O2S/c1-16(2)31-22-9-23(35-24-18(12-30-35)8-17(10-27)11-29-24)28-13-21(22)25(36)32-20-4-6-33(7-5-20)26(37)19-14-34(15-19)38-3/h8-9,11-13,16,19-20H,4-7,14-15H2,1-3H3,(H,28,31)(H,32,36). The lowest BCUT2D eigenvalue weighted by molar-refractivity contribution is -0.139. The normalized spacial score (nSPS) is 16.9. The topological polar surface area (TPSA) is 132 Å². The van der Waals surface area contributed by atoms with Crippen LogP contribution < -0.4 is 10.6 Å². The van der Waals surface area contributed by atoms with Crippen molar-refractivity contribution in [2.75, 3.05) is 37.8 Å². The van der Waals surface area contributed by atoms with E-state index >= 15 is 0 Å². The van der Waals surface area contributed by atoms with Crippen molar-refractivity contribution in [3.8, 4) is 11.9 Å². The second kappa shape index (κ2) is 11.0. The zero-order chi connectivity index (χ0) is 26.8. The van der Waals surface area contributed by atoms with E-state index in [1.165, 1.54) is 6.20 Å². The molecule has 12 heteroatoms. The molecule has 0 bridgehead atoms. The second-order valence-corrected chi connectivity index (χ2v) is 10.9. The molecule has 0 saturated carbocycles. The fraction of sp³-hybridized carbons (Fsp3) is 0.462. The van der Waals surface area contributed by atoms with Gasteiger partial charge in [-0.3, -0.25) is 9.59 Å². The van der Waals surface area contributed by atoms with Crippen molar-refractivity contribution < 1.29 is 9.59 Å². The summed E-state index contributed by atoms with van der Waals surface area (Å²) < 4.78 is 3.78. The molecule has 2 fully saturated rings. The van der Waals surface area contributed by atoms with Gasteiger partial charge in [0.15, 0.2) is 11.5 Å². The number of fused-ring (bicyclic) bond motifs is 1. The molecule has 11 nitrogen and oxygen atoms in total. The highest BCUT2D eigenvalue weighted by Gasteiger charge is 2.36. The predicted molar refractivity (Wildman–Crippen MR) is 146 cm³/mol. The van der Waals surface area contributed by atoms with Gasteiger partial charge in [0.1, 0.15) is 6.07 Å². The van der Waals surface area contributed by atoms with Crippen LogP contribution in [-0.2, 0) is 4.79 Å². The Labute approximate surface area is 225 Å². The lowest BCUT2D eigenvalue weighted by Crippen LogP contribution is -2.54. The summed E-state index contributed by atoms with van der Waals surface area (Å²) >= 11 is 1.68. The van der Waals surface area contributed by atoms with Crippen LogP contribution in [0.3, 0.4) is 0 Å². The Morgan fingerprint density at radius 2 is 1.89 bits per heavy atom. The number of piperidine rings is 1. The number of hydrogen-bond donors (Lipinski definition) is 2. The van der Waals surface area contributed by atoms with Crippen LogP contribution in [0.15, 0.2) is 30.7 Å². The molecule has 2 N–H and O–H groups in total. The third-order valence-corrected chi connectivity index (χ3v) is 7.74. The average molecular weight is 534 g/mol. The molecule has 0 radical (unpaired) electrons. The maximum absolute atomic E-state index is 13.3. The Morgan fingerprint density at radius 3 is 2.58 bits per heavy atom. The second-order valence-electron chi connectivity index (χ2n) is 9.99. The van der Waals surface area contributed by atoms with Crippen molar-refractivity contribution in [2.24, 2.45) is 5.92 Å². The molecule has 0 aromatic carbocycles. The van der Waals surface area contributed by atoms with Crippen LogP contribution in [0.25, 0.3) is 16.9 Å². The minimum absolute atomic E-state index is 0.00389. The SMILES string of the molecule is CSN1CC(C(=O)N2CCC(NC(=O)c3cnc(-n4ncc5cc(C#N)cnc54)cc3NC(C)C)CC2)C1. The minimum atomic E-state index is -0.200. The summed E-state index contributed by atoms with van der Waals surface area (Å²) in [6.45, 7) is 6.95. The highest BCUT2D eigenvalue weighted by atomic mass is 32.2. The Kier molecular flexibility index (Phi) is 7.49. The third kappa shape index (κ3) is 5.30. The van der Waals surface area contributed by atoms with Crippen LogP contribution in [0.5, 0.6) is 0 Å². The van der Waals surface area contributed by atoms with E-state index in [1.54, 1.807) is 41.2 Å². The van der Waals surface area contributed by atoms with Gasteiger partial charge < -0.3 is 15.5 Å². The quantitative estimate of drug-likeness (QED) is 0.440. The molecule has 5 heterocycles. The molecular weight excluding hydrogens is 502 g/mol.